The first kappa shape index (κ1) is 16.8. The van der Waals surface area contributed by atoms with E-state index in [0.29, 0.717) is 0 Å². The van der Waals surface area contributed by atoms with Crippen molar-refractivity contribution in [3.8, 4) is 0 Å². The number of halogens is 1. The quantitative estimate of drug-likeness (QED) is 0.770. The molecule has 0 saturated carbocycles. The second-order valence-corrected chi connectivity index (χ2v) is 6.03. The smallest absolute Gasteiger partial charge is 0.255 e. The van der Waals surface area contributed by atoms with Crippen LogP contribution in [0.25, 0.3) is 0 Å². The minimum absolute atomic E-state index is 0.0293. The fraction of sp³-hybridized carbons (Fsp3) is 0.143. The van der Waals surface area contributed by atoms with Gasteiger partial charge in [-0.25, -0.2) is 4.39 Å². The SMILES string of the molecule is Cc1ccc(C)c([C@H](NC(=O)c2ccccc2F)c2cccnc2)c1. The number of hydrogen-bond donors (Lipinski definition) is 1. The second-order valence-electron chi connectivity index (χ2n) is 6.03. The highest BCUT2D eigenvalue weighted by atomic mass is 19.1. The predicted octanol–water partition coefficient (Wildman–Crippen LogP) is 4.36. The summed E-state index contributed by atoms with van der Waals surface area (Å²) in [5, 5.41) is 2.96. The van der Waals surface area contributed by atoms with E-state index in [0.717, 1.165) is 22.3 Å². The molecule has 0 aliphatic carbocycles. The third-order valence-corrected chi connectivity index (χ3v) is 4.16. The lowest BCUT2D eigenvalue weighted by atomic mass is 9.94. The number of benzene rings is 2. The van der Waals surface area contributed by atoms with Gasteiger partial charge in [0.25, 0.3) is 5.91 Å². The zero-order chi connectivity index (χ0) is 17.8. The van der Waals surface area contributed by atoms with Crippen LogP contribution in [0.2, 0.25) is 0 Å². The minimum Gasteiger partial charge on any atom is -0.341 e. The molecule has 0 aliphatic heterocycles. The summed E-state index contributed by atoms with van der Waals surface area (Å²) in [6, 6.07) is 15.4. The fourth-order valence-corrected chi connectivity index (χ4v) is 2.81. The summed E-state index contributed by atoms with van der Waals surface area (Å²) in [4.78, 5) is 16.8. The largest absolute Gasteiger partial charge is 0.341 e. The van der Waals surface area contributed by atoms with Gasteiger partial charge in [-0.3, -0.25) is 9.78 Å². The van der Waals surface area contributed by atoms with Gasteiger partial charge in [0.2, 0.25) is 0 Å². The van der Waals surface area contributed by atoms with Gasteiger partial charge in [0, 0.05) is 12.4 Å². The first-order valence-electron chi connectivity index (χ1n) is 8.08. The van der Waals surface area contributed by atoms with Gasteiger partial charge in [0.05, 0.1) is 11.6 Å². The average Bonchev–Trinajstić information content (AvgIpc) is 2.63. The van der Waals surface area contributed by atoms with Crippen LogP contribution in [0.3, 0.4) is 0 Å². The highest BCUT2D eigenvalue weighted by molar-refractivity contribution is 5.95. The molecule has 0 unspecified atom stereocenters. The van der Waals surface area contributed by atoms with Crippen molar-refractivity contribution in [2.75, 3.05) is 0 Å². The molecule has 0 spiro atoms. The topological polar surface area (TPSA) is 42.0 Å². The van der Waals surface area contributed by atoms with Crippen molar-refractivity contribution < 1.29 is 9.18 Å². The standard InChI is InChI=1S/C21H19FN2O/c1-14-9-10-15(2)18(12-14)20(16-6-5-11-23-13-16)24-21(25)17-7-3-4-8-19(17)22/h3-13,20H,1-2H3,(H,24,25)/t20-/m1/s1. The van der Waals surface area contributed by atoms with Crippen LogP contribution in [0.1, 0.15) is 38.7 Å². The number of nitrogens with zero attached hydrogens (tertiary/aromatic N) is 1. The van der Waals surface area contributed by atoms with Crippen LogP contribution in [-0.2, 0) is 0 Å². The normalized spacial score (nSPS) is 11.8. The lowest BCUT2D eigenvalue weighted by Crippen LogP contribution is -2.30. The van der Waals surface area contributed by atoms with E-state index >= 15 is 0 Å². The summed E-state index contributed by atoms with van der Waals surface area (Å²) in [5.41, 5.74) is 3.99. The molecule has 1 amide bonds. The Labute approximate surface area is 146 Å². The van der Waals surface area contributed by atoms with Crippen LogP contribution in [0, 0.1) is 19.7 Å². The highest BCUT2D eigenvalue weighted by Gasteiger charge is 2.21. The molecule has 1 heterocycles. The van der Waals surface area contributed by atoms with Crippen LogP contribution < -0.4 is 5.32 Å². The van der Waals surface area contributed by atoms with E-state index < -0.39 is 17.8 Å². The summed E-state index contributed by atoms with van der Waals surface area (Å²) in [6.07, 6.45) is 3.40. The van der Waals surface area contributed by atoms with Crippen molar-refractivity contribution in [3.63, 3.8) is 0 Å². The Bertz CT molecular complexity index is 893. The fourth-order valence-electron chi connectivity index (χ4n) is 2.81. The van der Waals surface area contributed by atoms with Crippen molar-refractivity contribution in [2.45, 2.75) is 19.9 Å². The molecule has 4 heteroatoms. The Kier molecular flexibility index (Phi) is 4.89. The summed E-state index contributed by atoms with van der Waals surface area (Å²) in [7, 11) is 0. The molecular formula is C21H19FN2O. The Balaban J connectivity index is 2.02. The number of aromatic nitrogens is 1. The van der Waals surface area contributed by atoms with Gasteiger partial charge in [-0.2, -0.15) is 0 Å². The number of pyridine rings is 1. The number of aryl methyl sites for hydroxylation is 2. The minimum atomic E-state index is -0.536. The molecule has 1 aromatic heterocycles. The van der Waals surface area contributed by atoms with Crippen molar-refractivity contribution >= 4 is 5.91 Å². The zero-order valence-electron chi connectivity index (χ0n) is 14.2. The average molecular weight is 334 g/mol. The Morgan fingerprint density at radius 2 is 1.88 bits per heavy atom. The molecule has 126 valence electrons. The van der Waals surface area contributed by atoms with Gasteiger partial charge in [0.1, 0.15) is 5.82 Å². The van der Waals surface area contributed by atoms with Gasteiger partial charge in [-0.15, -0.1) is 0 Å². The number of nitrogens with one attached hydrogen (secondary N) is 1. The molecule has 2 aromatic carbocycles. The molecule has 0 saturated heterocycles. The predicted molar refractivity (Wildman–Crippen MR) is 95.9 cm³/mol. The Morgan fingerprint density at radius 1 is 1.08 bits per heavy atom. The maximum absolute atomic E-state index is 14.0. The highest BCUT2D eigenvalue weighted by Crippen LogP contribution is 2.26. The number of carbonyl (C=O) groups is 1. The zero-order valence-corrected chi connectivity index (χ0v) is 14.2. The Morgan fingerprint density at radius 3 is 2.60 bits per heavy atom. The van der Waals surface area contributed by atoms with Crippen LogP contribution in [0.15, 0.2) is 67.0 Å². The molecule has 3 aromatic rings. The third kappa shape index (κ3) is 3.74. The van der Waals surface area contributed by atoms with E-state index in [2.05, 4.69) is 10.3 Å². The summed E-state index contributed by atoms with van der Waals surface area (Å²) >= 11 is 0. The molecule has 1 atom stereocenters. The summed E-state index contributed by atoms with van der Waals surface area (Å²) in [5.74, 6) is -0.987. The van der Waals surface area contributed by atoms with E-state index in [9.17, 15) is 9.18 Å². The van der Waals surface area contributed by atoms with E-state index in [1.54, 1.807) is 24.5 Å². The van der Waals surface area contributed by atoms with Crippen molar-refractivity contribution in [3.05, 3.63) is 101 Å². The van der Waals surface area contributed by atoms with E-state index in [1.807, 2.05) is 44.2 Å². The maximum atomic E-state index is 14.0. The van der Waals surface area contributed by atoms with Crippen LogP contribution in [-0.4, -0.2) is 10.9 Å². The molecule has 3 nitrogen and oxygen atoms in total. The second kappa shape index (κ2) is 7.26. The monoisotopic (exact) mass is 334 g/mol. The van der Waals surface area contributed by atoms with Crippen LogP contribution >= 0.6 is 0 Å². The molecule has 0 aliphatic rings. The third-order valence-electron chi connectivity index (χ3n) is 4.16. The van der Waals surface area contributed by atoms with Gasteiger partial charge in [0.15, 0.2) is 0 Å². The van der Waals surface area contributed by atoms with Crippen molar-refractivity contribution in [1.82, 2.24) is 10.3 Å². The van der Waals surface area contributed by atoms with Crippen molar-refractivity contribution in [1.29, 1.82) is 0 Å². The number of carbonyl (C=O) groups excluding carboxylic acids is 1. The molecule has 0 bridgehead atoms. The lowest BCUT2D eigenvalue weighted by Gasteiger charge is -2.22. The number of rotatable bonds is 4. The first-order valence-corrected chi connectivity index (χ1v) is 8.08. The van der Waals surface area contributed by atoms with Crippen LogP contribution in [0.4, 0.5) is 4.39 Å². The first-order chi connectivity index (χ1) is 12.1. The molecule has 1 N–H and O–H groups in total. The van der Waals surface area contributed by atoms with E-state index in [-0.39, 0.29) is 5.56 Å². The number of amides is 1. The maximum Gasteiger partial charge on any atom is 0.255 e. The van der Waals surface area contributed by atoms with E-state index in [1.165, 1.54) is 12.1 Å². The van der Waals surface area contributed by atoms with Gasteiger partial charge in [-0.05, 0) is 48.7 Å². The van der Waals surface area contributed by atoms with Crippen LogP contribution in [0.5, 0.6) is 0 Å². The molecule has 0 radical (unpaired) electrons. The molecular weight excluding hydrogens is 315 g/mol. The Hall–Kier alpha value is -3.01. The summed E-state index contributed by atoms with van der Waals surface area (Å²) in [6.45, 7) is 4.00. The molecule has 25 heavy (non-hydrogen) atoms. The molecule has 0 fully saturated rings. The van der Waals surface area contributed by atoms with Gasteiger partial charge in [-0.1, -0.05) is 42.0 Å². The van der Waals surface area contributed by atoms with Gasteiger partial charge >= 0.3 is 0 Å². The van der Waals surface area contributed by atoms with Gasteiger partial charge < -0.3 is 5.32 Å². The van der Waals surface area contributed by atoms with Crippen molar-refractivity contribution in [2.24, 2.45) is 0 Å². The molecule has 3 rings (SSSR count). The summed E-state index contributed by atoms with van der Waals surface area (Å²) < 4.78 is 14.0. The number of hydrogen-bond acceptors (Lipinski definition) is 2. The lowest BCUT2D eigenvalue weighted by molar-refractivity contribution is 0.0939. The van der Waals surface area contributed by atoms with E-state index in [4.69, 9.17) is 0 Å².